The number of hydrogen-bond donors (Lipinski definition) is 1. The largest absolute Gasteiger partial charge is 0.378 e. The monoisotopic (exact) mass is 261 g/mol. The van der Waals surface area contributed by atoms with Crippen LogP contribution >= 0.6 is 0 Å². The maximum Gasteiger partial charge on any atom is 0.0575 e. The van der Waals surface area contributed by atoms with Crippen molar-refractivity contribution in [3.8, 4) is 0 Å². The van der Waals surface area contributed by atoms with Crippen molar-refractivity contribution in [3.05, 3.63) is 35.9 Å². The molecule has 1 heterocycles. The average Bonchev–Trinajstić information content (AvgIpc) is 2.47. The van der Waals surface area contributed by atoms with Crippen LogP contribution in [0.5, 0.6) is 0 Å². The molecular formula is C17H27NO. The molecule has 2 heteroatoms. The van der Waals surface area contributed by atoms with Gasteiger partial charge >= 0.3 is 0 Å². The molecule has 0 saturated carbocycles. The van der Waals surface area contributed by atoms with Gasteiger partial charge in [-0.1, -0.05) is 37.3 Å². The zero-order valence-electron chi connectivity index (χ0n) is 12.1. The quantitative estimate of drug-likeness (QED) is 0.810. The third-order valence-corrected chi connectivity index (χ3v) is 3.93. The van der Waals surface area contributed by atoms with E-state index in [1.807, 2.05) is 0 Å². The summed E-state index contributed by atoms with van der Waals surface area (Å²) in [5.41, 5.74) is 1.43. The second-order valence-electron chi connectivity index (χ2n) is 5.51. The van der Waals surface area contributed by atoms with Gasteiger partial charge in [0.1, 0.15) is 0 Å². The molecule has 0 aromatic heterocycles. The number of likely N-dealkylation sites (N-methyl/N-ethyl adjacent to an activating group) is 1. The van der Waals surface area contributed by atoms with Crippen molar-refractivity contribution in [2.75, 3.05) is 13.2 Å². The van der Waals surface area contributed by atoms with Gasteiger partial charge in [0.15, 0.2) is 0 Å². The van der Waals surface area contributed by atoms with Crippen LogP contribution in [0.4, 0.5) is 0 Å². The average molecular weight is 261 g/mol. The second kappa shape index (κ2) is 8.34. The van der Waals surface area contributed by atoms with E-state index >= 15 is 0 Å². The Balaban J connectivity index is 1.78. The number of rotatable bonds is 7. The van der Waals surface area contributed by atoms with Gasteiger partial charge in [0.25, 0.3) is 0 Å². The summed E-state index contributed by atoms with van der Waals surface area (Å²) in [6, 6.07) is 11.4. The molecule has 1 saturated heterocycles. The topological polar surface area (TPSA) is 21.3 Å². The molecule has 1 fully saturated rings. The van der Waals surface area contributed by atoms with Crippen molar-refractivity contribution in [2.24, 2.45) is 0 Å². The minimum atomic E-state index is 0.505. The SMILES string of the molecule is CCNC(CCC1CCCCO1)Cc1ccccc1. The van der Waals surface area contributed by atoms with E-state index in [4.69, 9.17) is 4.74 Å². The van der Waals surface area contributed by atoms with E-state index < -0.39 is 0 Å². The van der Waals surface area contributed by atoms with Crippen LogP contribution in [0, 0.1) is 0 Å². The molecule has 0 radical (unpaired) electrons. The Morgan fingerprint density at radius 3 is 2.79 bits per heavy atom. The van der Waals surface area contributed by atoms with E-state index in [0.717, 1.165) is 19.6 Å². The maximum atomic E-state index is 5.83. The Labute approximate surface area is 117 Å². The molecule has 1 aromatic rings. The van der Waals surface area contributed by atoms with Crippen molar-refractivity contribution < 1.29 is 4.74 Å². The highest BCUT2D eigenvalue weighted by Crippen LogP contribution is 2.18. The molecule has 1 aromatic carbocycles. The molecule has 0 spiro atoms. The highest BCUT2D eigenvalue weighted by Gasteiger charge is 2.16. The first kappa shape index (κ1) is 14.5. The van der Waals surface area contributed by atoms with Crippen LogP contribution in [0.1, 0.15) is 44.6 Å². The number of hydrogen-bond acceptors (Lipinski definition) is 2. The summed E-state index contributed by atoms with van der Waals surface area (Å²) in [4.78, 5) is 0. The molecule has 1 aliphatic rings. The van der Waals surface area contributed by atoms with Crippen molar-refractivity contribution in [3.63, 3.8) is 0 Å². The molecule has 2 rings (SSSR count). The molecule has 2 atom stereocenters. The second-order valence-corrected chi connectivity index (χ2v) is 5.51. The normalized spacial score (nSPS) is 21.2. The number of ether oxygens (including phenoxy) is 1. The van der Waals surface area contributed by atoms with E-state index in [-0.39, 0.29) is 0 Å². The van der Waals surface area contributed by atoms with Gasteiger partial charge in [-0.2, -0.15) is 0 Å². The predicted molar refractivity (Wildman–Crippen MR) is 80.4 cm³/mol. The summed E-state index contributed by atoms with van der Waals surface area (Å²) in [5, 5.41) is 3.62. The summed E-state index contributed by atoms with van der Waals surface area (Å²) in [7, 11) is 0. The number of benzene rings is 1. The van der Waals surface area contributed by atoms with Crippen LogP contribution < -0.4 is 5.32 Å². The van der Waals surface area contributed by atoms with Crippen LogP contribution in [0.2, 0.25) is 0 Å². The highest BCUT2D eigenvalue weighted by molar-refractivity contribution is 5.15. The van der Waals surface area contributed by atoms with Gasteiger partial charge in [0.2, 0.25) is 0 Å². The summed E-state index contributed by atoms with van der Waals surface area (Å²) in [6.07, 6.45) is 7.89. The fourth-order valence-corrected chi connectivity index (χ4v) is 2.89. The molecule has 1 aliphatic heterocycles. The van der Waals surface area contributed by atoms with Crippen molar-refractivity contribution in [1.82, 2.24) is 5.32 Å². The fourth-order valence-electron chi connectivity index (χ4n) is 2.89. The van der Waals surface area contributed by atoms with Crippen LogP contribution in [-0.4, -0.2) is 25.3 Å². The molecule has 0 bridgehead atoms. The van der Waals surface area contributed by atoms with Gasteiger partial charge in [0, 0.05) is 12.6 Å². The van der Waals surface area contributed by atoms with Gasteiger partial charge in [-0.15, -0.1) is 0 Å². The van der Waals surface area contributed by atoms with Crippen molar-refractivity contribution in [2.45, 2.75) is 57.6 Å². The van der Waals surface area contributed by atoms with E-state index in [1.165, 1.54) is 37.7 Å². The van der Waals surface area contributed by atoms with Gasteiger partial charge in [0.05, 0.1) is 6.10 Å². The molecule has 0 aliphatic carbocycles. The zero-order chi connectivity index (χ0) is 13.3. The lowest BCUT2D eigenvalue weighted by molar-refractivity contribution is 0.00860. The predicted octanol–water partition coefficient (Wildman–Crippen LogP) is 3.56. The maximum absolute atomic E-state index is 5.83. The first-order valence-corrected chi connectivity index (χ1v) is 7.77. The van der Waals surface area contributed by atoms with Crippen LogP contribution in [-0.2, 0) is 11.2 Å². The Morgan fingerprint density at radius 2 is 2.11 bits per heavy atom. The lowest BCUT2D eigenvalue weighted by Crippen LogP contribution is -2.32. The smallest absolute Gasteiger partial charge is 0.0575 e. The van der Waals surface area contributed by atoms with E-state index in [1.54, 1.807) is 0 Å². The van der Waals surface area contributed by atoms with Crippen LogP contribution in [0.15, 0.2) is 30.3 Å². The Hall–Kier alpha value is -0.860. The minimum absolute atomic E-state index is 0.505. The molecule has 2 nitrogen and oxygen atoms in total. The summed E-state index contributed by atoms with van der Waals surface area (Å²) in [6.45, 7) is 4.20. The van der Waals surface area contributed by atoms with Crippen molar-refractivity contribution in [1.29, 1.82) is 0 Å². The summed E-state index contributed by atoms with van der Waals surface area (Å²) < 4.78 is 5.83. The minimum Gasteiger partial charge on any atom is -0.378 e. The number of nitrogens with one attached hydrogen (secondary N) is 1. The van der Waals surface area contributed by atoms with E-state index in [0.29, 0.717) is 12.1 Å². The molecule has 0 amide bonds. The Kier molecular flexibility index (Phi) is 6.38. The highest BCUT2D eigenvalue weighted by atomic mass is 16.5. The molecule has 1 N–H and O–H groups in total. The Bertz CT molecular complexity index is 332. The molecule has 106 valence electrons. The first-order chi connectivity index (χ1) is 9.38. The molecular weight excluding hydrogens is 234 g/mol. The van der Waals surface area contributed by atoms with E-state index in [2.05, 4.69) is 42.6 Å². The van der Waals surface area contributed by atoms with E-state index in [9.17, 15) is 0 Å². The zero-order valence-corrected chi connectivity index (χ0v) is 12.1. The lowest BCUT2D eigenvalue weighted by Gasteiger charge is -2.25. The van der Waals surface area contributed by atoms with Crippen LogP contribution in [0.3, 0.4) is 0 Å². The molecule has 19 heavy (non-hydrogen) atoms. The molecule has 2 unspecified atom stereocenters. The summed E-state index contributed by atoms with van der Waals surface area (Å²) in [5.74, 6) is 0. The van der Waals surface area contributed by atoms with Gasteiger partial charge in [-0.25, -0.2) is 0 Å². The van der Waals surface area contributed by atoms with Crippen LogP contribution in [0.25, 0.3) is 0 Å². The van der Waals surface area contributed by atoms with Gasteiger partial charge in [-0.3, -0.25) is 0 Å². The first-order valence-electron chi connectivity index (χ1n) is 7.77. The van der Waals surface area contributed by atoms with Gasteiger partial charge < -0.3 is 10.1 Å². The third-order valence-electron chi connectivity index (χ3n) is 3.93. The summed E-state index contributed by atoms with van der Waals surface area (Å²) >= 11 is 0. The third kappa shape index (κ3) is 5.33. The fraction of sp³-hybridized carbons (Fsp3) is 0.647. The van der Waals surface area contributed by atoms with Gasteiger partial charge in [-0.05, 0) is 50.6 Å². The standard InChI is InChI=1S/C17H27NO/c1-2-18-16(14-15-8-4-3-5-9-15)11-12-17-10-6-7-13-19-17/h3-5,8-9,16-18H,2,6-7,10-14H2,1H3. The Morgan fingerprint density at radius 1 is 1.26 bits per heavy atom. The van der Waals surface area contributed by atoms with Crippen molar-refractivity contribution >= 4 is 0 Å². The lowest BCUT2D eigenvalue weighted by atomic mass is 9.97.